The van der Waals surface area contributed by atoms with Crippen molar-refractivity contribution in [3.05, 3.63) is 65.2 Å². The van der Waals surface area contributed by atoms with Gasteiger partial charge in [-0.15, -0.1) is 0 Å². The number of rotatable bonds is 5. The van der Waals surface area contributed by atoms with Crippen molar-refractivity contribution in [1.29, 1.82) is 5.26 Å². The van der Waals surface area contributed by atoms with E-state index in [0.717, 1.165) is 0 Å². The van der Waals surface area contributed by atoms with Gasteiger partial charge < -0.3 is 0 Å². The quantitative estimate of drug-likeness (QED) is 0.838. The number of nitriles is 1. The third-order valence-electron chi connectivity index (χ3n) is 3.25. The molecule has 0 radical (unpaired) electrons. The van der Waals surface area contributed by atoms with E-state index in [1.807, 2.05) is 10.8 Å². The Morgan fingerprint density at radius 1 is 1.08 bits per heavy atom. The second-order valence-corrected chi connectivity index (χ2v) is 6.74. The highest BCUT2D eigenvalue weighted by Crippen LogP contribution is 2.13. The SMILES string of the molecule is CC(=O)c1cccc(S(=O)(=O)NC(=O)c2cccc(CC#N)c2)c1. The number of benzene rings is 2. The van der Waals surface area contributed by atoms with Crippen LogP contribution in [0.3, 0.4) is 0 Å². The normalized spacial score (nSPS) is 10.7. The molecule has 24 heavy (non-hydrogen) atoms. The molecule has 122 valence electrons. The largest absolute Gasteiger partial charge is 0.295 e. The van der Waals surface area contributed by atoms with Crippen molar-refractivity contribution in [2.75, 3.05) is 0 Å². The molecule has 0 saturated carbocycles. The minimum absolute atomic E-state index is 0.120. The first-order valence-electron chi connectivity index (χ1n) is 6.97. The number of sulfonamides is 1. The van der Waals surface area contributed by atoms with Crippen LogP contribution in [-0.2, 0) is 16.4 Å². The van der Waals surface area contributed by atoms with Gasteiger partial charge in [0, 0.05) is 11.1 Å². The first kappa shape index (κ1) is 17.4. The Kier molecular flexibility index (Phi) is 5.11. The molecule has 0 unspecified atom stereocenters. The van der Waals surface area contributed by atoms with Crippen LogP contribution < -0.4 is 4.72 Å². The van der Waals surface area contributed by atoms with Crippen molar-refractivity contribution in [2.45, 2.75) is 18.2 Å². The van der Waals surface area contributed by atoms with E-state index in [2.05, 4.69) is 0 Å². The molecule has 0 saturated heterocycles. The van der Waals surface area contributed by atoms with Crippen LogP contribution >= 0.6 is 0 Å². The predicted molar refractivity (Wildman–Crippen MR) is 86.9 cm³/mol. The van der Waals surface area contributed by atoms with Crippen LogP contribution in [0.1, 0.15) is 33.2 Å². The maximum atomic E-state index is 12.3. The van der Waals surface area contributed by atoms with Crippen molar-refractivity contribution < 1.29 is 18.0 Å². The Balaban J connectivity index is 2.27. The monoisotopic (exact) mass is 342 g/mol. The van der Waals surface area contributed by atoms with Gasteiger partial charge in [0.1, 0.15) is 0 Å². The lowest BCUT2D eigenvalue weighted by molar-refractivity contribution is 0.0979. The third-order valence-corrected chi connectivity index (χ3v) is 4.58. The summed E-state index contributed by atoms with van der Waals surface area (Å²) in [6.45, 7) is 1.32. The Morgan fingerprint density at radius 2 is 1.75 bits per heavy atom. The van der Waals surface area contributed by atoms with Gasteiger partial charge in [0.05, 0.1) is 17.4 Å². The van der Waals surface area contributed by atoms with Crippen molar-refractivity contribution in [3.63, 3.8) is 0 Å². The van der Waals surface area contributed by atoms with Crippen LogP contribution in [0, 0.1) is 11.3 Å². The predicted octanol–water partition coefficient (Wildman–Crippen LogP) is 2.07. The Bertz CT molecular complexity index is 943. The highest BCUT2D eigenvalue weighted by Gasteiger charge is 2.19. The van der Waals surface area contributed by atoms with E-state index >= 15 is 0 Å². The third kappa shape index (κ3) is 4.06. The molecule has 0 fully saturated rings. The Morgan fingerprint density at radius 3 is 2.42 bits per heavy atom. The van der Waals surface area contributed by atoms with Gasteiger partial charge in [0.15, 0.2) is 5.78 Å². The van der Waals surface area contributed by atoms with E-state index in [1.165, 1.54) is 43.3 Å². The van der Waals surface area contributed by atoms with Crippen LogP contribution in [0.5, 0.6) is 0 Å². The number of hydrogen-bond donors (Lipinski definition) is 1. The molecule has 2 aromatic rings. The lowest BCUT2D eigenvalue weighted by Gasteiger charge is -2.08. The standard InChI is InChI=1S/C17H14N2O4S/c1-12(20)14-5-3-7-16(11-14)24(22,23)19-17(21)15-6-2-4-13(10-15)8-9-18/h2-7,10-11H,8H2,1H3,(H,19,21). The summed E-state index contributed by atoms with van der Waals surface area (Å²) in [5, 5.41) is 8.68. The molecule has 0 aromatic heterocycles. The van der Waals surface area contributed by atoms with Gasteiger partial charge in [0.25, 0.3) is 15.9 Å². The van der Waals surface area contributed by atoms with Crippen LogP contribution in [0.2, 0.25) is 0 Å². The number of Topliss-reactive ketones (excluding diaryl/α,β-unsaturated/α-hetero) is 1. The maximum Gasteiger partial charge on any atom is 0.265 e. The average Bonchev–Trinajstić information content (AvgIpc) is 2.55. The first-order chi connectivity index (χ1) is 11.3. The molecule has 0 spiro atoms. The molecule has 0 aliphatic carbocycles. The number of hydrogen-bond acceptors (Lipinski definition) is 5. The number of amides is 1. The van der Waals surface area contributed by atoms with E-state index in [1.54, 1.807) is 12.1 Å². The Hall–Kier alpha value is -2.98. The summed E-state index contributed by atoms with van der Waals surface area (Å²) >= 11 is 0. The Labute approximate surface area is 139 Å². The summed E-state index contributed by atoms with van der Waals surface area (Å²) < 4.78 is 26.6. The van der Waals surface area contributed by atoms with Gasteiger partial charge in [-0.1, -0.05) is 24.3 Å². The summed E-state index contributed by atoms with van der Waals surface area (Å²) in [6, 6.07) is 13.6. The topological polar surface area (TPSA) is 104 Å². The molecule has 2 rings (SSSR count). The van der Waals surface area contributed by atoms with Crippen LogP contribution in [0.25, 0.3) is 0 Å². The van der Waals surface area contributed by atoms with Gasteiger partial charge in [-0.2, -0.15) is 5.26 Å². The fourth-order valence-electron chi connectivity index (χ4n) is 2.04. The summed E-state index contributed by atoms with van der Waals surface area (Å²) in [5.74, 6) is -1.08. The lowest BCUT2D eigenvalue weighted by Crippen LogP contribution is -2.30. The summed E-state index contributed by atoms with van der Waals surface area (Å²) in [6.07, 6.45) is 0.120. The van der Waals surface area contributed by atoms with Crippen LogP contribution in [0.15, 0.2) is 53.4 Å². The number of nitrogens with one attached hydrogen (secondary N) is 1. The van der Waals surface area contributed by atoms with E-state index in [4.69, 9.17) is 5.26 Å². The minimum Gasteiger partial charge on any atom is -0.295 e. The molecular weight excluding hydrogens is 328 g/mol. The maximum absolute atomic E-state index is 12.3. The van der Waals surface area contributed by atoms with Gasteiger partial charge in [-0.3, -0.25) is 9.59 Å². The lowest BCUT2D eigenvalue weighted by atomic mass is 10.1. The molecule has 7 heteroatoms. The first-order valence-corrected chi connectivity index (χ1v) is 8.46. The van der Waals surface area contributed by atoms with Crippen molar-refractivity contribution in [2.24, 2.45) is 0 Å². The number of nitrogens with zero attached hydrogens (tertiary/aromatic N) is 1. The number of carbonyl (C=O) groups is 2. The number of carbonyl (C=O) groups excluding carboxylic acids is 2. The van der Waals surface area contributed by atoms with Gasteiger partial charge in [-0.25, -0.2) is 13.1 Å². The molecule has 6 nitrogen and oxygen atoms in total. The molecule has 0 aliphatic rings. The molecule has 0 aliphatic heterocycles. The molecule has 0 atom stereocenters. The zero-order valence-electron chi connectivity index (χ0n) is 12.8. The zero-order valence-corrected chi connectivity index (χ0v) is 13.6. The smallest absolute Gasteiger partial charge is 0.265 e. The van der Waals surface area contributed by atoms with Crippen molar-refractivity contribution >= 4 is 21.7 Å². The van der Waals surface area contributed by atoms with Crippen LogP contribution in [-0.4, -0.2) is 20.1 Å². The second-order valence-electron chi connectivity index (χ2n) is 5.05. The van der Waals surface area contributed by atoms with E-state index in [9.17, 15) is 18.0 Å². The fraction of sp³-hybridized carbons (Fsp3) is 0.118. The van der Waals surface area contributed by atoms with Gasteiger partial charge in [0.2, 0.25) is 0 Å². The van der Waals surface area contributed by atoms with Crippen LogP contribution in [0.4, 0.5) is 0 Å². The number of ketones is 1. The molecule has 1 N–H and O–H groups in total. The highest BCUT2D eigenvalue weighted by molar-refractivity contribution is 7.90. The van der Waals surface area contributed by atoms with Gasteiger partial charge in [-0.05, 0) is 36.8 Å². The van der Waals surface area contributed by atoms with E-state index in [-0.39, 0.29) is 28.2 Å². The highest BCUT2D eigenvalue weighted by atomic mass is 32.2. The average molecular weight is 342 g/mol. The fourth-order valence-corrected chi connectivity index (χ4v) is 3.06. The molecule has 0 heterocycles. The molecule has 0 bridgehead atoms. The van der Waals surface area contributed by atoms with E-state index < -0.39 is 15.9 Å². The molecule has 1 amide bonds. The summed E-state index contributed by atoms with van der Waals surface area (Å²) in [7, 11) is -4.11. The summed E-state index contributed by atoms with van der Waals surface area (Å²) in [5.41, 5.74) is 0.983. The van der Waals surface area contributed by atoms with Crippen molar-refractivity contribution in [1.82, 2.24) is 4.72 Å². The summed E-state index contributed by atoms with van der Waals surface area (Å²) in [4.78, 5) is 23.4. The van der Waals surface area contributed by atoms with Gasteiger partial charge >= 0.3 is 0 Å². The van der Waals surface area contributed by atoms with E-state index in [0.29, 0.717) is 5.56 Å². The van der Waals surface area contributed by atoms with Crippen molar-refractivity contribution in [3.8, 4) is 6.07 Å². The molecular formula is C17H14N2O4S. The second kappa shape index (κ2) is 7.06. The molecule has 2 aromatic carbocycles. The minimum atomic E-state index is -4.11. The zero-order chi connectivity index (χ0) is 17.7.